The minimum Gasteiger partial charge on any atom is -0.492 e. The van der Waals surface area contributed by atoms with Crippen molar-refractivity contribution in [3.63, 3.8) is 0 Å². The third-order valence-electron chi connectivity index (χ3n) is 6.37. The summed E-state index contributed by atoms with van der Waals surface area (Å²) in [5, 5.41) is 2.78. The molecule has 2 aromatic rings. The maximum absolute atomic E-state index is 13.7. The van der Waals surface area contributed by atoms with Crippen LogP contribution in [0, 0.1) is 0 Å². The van der Waals surface area contributed by atoms with Crippen LogP contribution in [0.3, 0.4) is 0 Å². The van der Waals surface area contributed by atoms with E-state index in [1.807, 2.05) is 37.3 Å². The van der Waals surface area contributed by atoms with Crippen LogP contribution in [0.1, 0.15) is 63.6 Å². The SMILES string of the molecule is C=C(OCC)c1cc(C(=O)N[C@@H](CCC(=O)OC(C)(C)C)C(=O)N2CCN(C(=O)OCC)CC2)nc(-c2ccccc2)n1. The average molecular weight is 596 g/mol. The molecule has 12 heteroatoms. The van der Waals surface area contributed by atoms with Gasteiger partial charge in [-0.05, 0) is 47.1 Å². The number of rotatable bonds is 11. The number of amides is 3. The molecule has 0 bridgehead atoms. The van der Waals surface area contributed by atoms with Gasteiger partial charge in [0.1, 0.15) is 28.8 Å². The number of carbonyl (C=O) groups is 4. The van der Waals surface area contributed by atoms with Gasteiger partial charge in [-0.2, -0.15) is 0 Å². The topological polar surface area (TPSA) is 140 Å². The van der Waals surface area contributed by atoms with E-state index >= 15 is 0 Å². The fourth-order valence-electron chi connectivity index (χ4n) is 4.36. The third kappa shape index (κ3) is 9.79. The molecule has 0 spiro atoms. The molecule has 43 heavy (non-hydrogen) atoms. The van der Waals surface area contributed by atoms with Crippen molar-refractivity contribution in [3.05, 3.63) is 54.4 Å². The summed E-state index contributed by atoms with van der Waals surface area (Å²) in [6.45, 7) is 14.4. The highest BCUT2D eigenvalue weighted by molar-refractivity contribution is 5.97. The Morgan fingerprint density at radius 3 is 2.14 bits per heavy atom. The maximum atomic E-state index is 13.7. The second-order valence-corrected chi connectivity index (χ2v) is 10.8. The van der Waals surface area contributed by atoms with Gasteiger partial charge in [0.2, 0.25) is 5.91 Å². The lowest BCUT2D eigenvalue weighted by atomic mass is 10.1. The van der Waals surface area contributed by atoms with E-state index in [1.165, 1.54) is 11.0 Å². The first-order chi connectivity index (χ1) is 20.4. The van der Waals surface area contributed by atoms with E-state index in [9.17, 15) is 19.2 Å². The molecular formula is C31H41N5O7. The van der Waals surface area contributed by atoms with Crippen molar-refractivity contribution in [1.82, 2.24) is 25.1 Å². The molecule has 1 aliphatic rings. The summed E-state index contributed by atoms with van der Waals surface area (Å²) >= 11 is 0. The van der Waals surface area contributed by atoms with Crippen molar-refractivity contribution in [3.8, 4) is 11.4 Å². The van der Waals surface area contributed by atoms with Crippen molar-refractivity contribution >= 4 is 29.6 Å². The van der Waals surface area contributed by atoms with Crippen LogP contribution < -0.4 is 5.32 Å². The Morgan fingerprint density at radius 2 is 1.53 bits per heavy atom. The number of esters is 1. The van der Waals surface area contributed by atoms with Crippen molar-refractivity contribution in [2.75, 3.05) is 39.4 Å². The molecule has 1 N–H and O–H groups in total. The molecule has 1 aliphatic heterocycles. The van der Waals surface area contributed by atoms with Crippen LogP contribution in [0.2, 0.25) is 0 Å². The van der Waals surface area contributed by atoms with Gasteiger partial charge in [0.05, 0.1) is 13.2 Å². The van der Waals surface area contributed by atoms with E-state index in [-0.39, 0.29) is 68.8 Å². The third-order valence-corrected chi connectivity index (χ3v) is 6.37. The van der Waals surface area contributed by atoms with E-state index in [0.29, 0.717) is 17.9 Å². The summed E-state index contributed by atoms with van der Waals surface area (Å²) in [6.07, 6.45) is -0.527. The molecule has 0 unspecified atom stereocenters. The molecule has 1 atom stereocenters. The maximum Gasteiger partial charge on any atom is 0.409 e. The number of carbonyl (C=O) groups excluding carboxylic acids is 4. The molecule has 1 aromatic heterocycles. The molecule has 1 aromatic carbocycles. The number of piperazine rings is 1. The lowest BCUT2D eigenvalue weighted by Crippen LogP contribution is -2.56. The first-order valence-electron chi connectivity index (χ1n) is 14.4. The molecular weight excluding hydrogens is 554 g/mol. The van der Waals surface area contributed by atoms with E-state index in [0.717, 1.165) is 0 Å². The monoisotopic (exact) mass is 595 g/mol. The van der Waals surface area contributed by atoms with Crippen LogP contribution >= 0.6 is 0 Å². The molecule has 0 radical (unpaired) electrons. The summed E-state index contributed by atoms with van der Waals surface area (Å²) in [5.41, 5.74) is 0.316. The van der Waals surface area contributed by atoms with Gasteiger partial charge in [-0.25, -0.2) is 14.8 Å². The van der Waals surface area contributed by atoms with Crippen molar-refractivity contribution < 1.29 is 33.4 Å². The fraction of sp³-hybridized carbons (Fsp3) is 0.484. The molecule has 0 aliphatic carbocycles. The number of hydrogen-bond donors (Lipinski definition) is 1. The first-order valence-corrected chi connectivity index (χ1v) is 14.4. The molecule has 0 saturated carbocycles. The molecule has 3 rings (SSSR count). The van der Waals surface area contributed by atoms with Crippen LogP contribution in [-0.4, -0.2) is 94.7 Å². The minimum absolute atomic E-state index is 0.00639. The standard InChI is InChI=1S/C31H41N5O7/c1-7-41-21(3)24-20-25(33-27(32-24)22-12-10-9-11-13-22)28(38)34-23(14-15-26(37)43-31(4,5)6)29(39)35-16-18-36(19-17-35)30(40)42-8-2/h9-13,20,23H,3,7-8,14-19H2,1-2,4-6H3,(H,34,38)/t23-/m0/s1. The second-order valence-electron chi connectivity index (χ2n) is 10.8. The Labute approximate surface area is 252 Å². The number of aromatic nitrogens is 2. The lowest BCUT2D eigenvalue weighted by molar-refractivity contribution is -0.155. The summed E-state index contributed by atoms with van der Waals surface area (Å²) in [7, 11) is 0. The number of nitrogens with one attached hydrogen (secondary N) is 1. The first kappa shape index (κ1) is 33.0. The average Bonchev–Trinajstić information content (AvgIpc) is 2.98. The van der Waals surface area contributed by atoms with Gasteiger partial charge in [0.15, 0.2) is 5.82 Å². The minimum atomic E-state index is -1.05. The zero-order chi connectivity index (χ0) is 31.6. The number of benzene rings is 1. The van der Waals surface area contributed by atoms with Gasteiger partial charge in [0.25, 0.3) is 5.91 Å². The van der Waals surface area contributed by atoms with E-state index in [2.05, 4.69) is 21.9 Å². The normalized spacial score (nSPS) is 14.0. The quantitative estimate of drug-likeness (QED) is 0.304. The van der Waals surface area contributed by atoms with Crippen LogP contribution in [0.5, 0.6) is 0 Å². The lowest BCUT2D eigenvalue weighted by Gasteiger charge is -2.36. The Morgan fingerprint density at radius 1 is 0.930 bits per heavy atom. The van der Waals surface area contributed by atoms with E-state index < -0.39 is 29.6 Å². The molecule has 3 amide bonds. The predicted octanol–water partition coefficient (Wildman–Crippen LogP) is 3.67. The highest BCUT2D eigenvalue weighted by Crippen LogP contribution is 2.20. The zero-order valence-corrected chi connectivity index (χ0v) is 25.6. The van der Waals surface area contributed by atoms with Gasteiger partial charge >= 0.3 is 12.1 Å². The second kappa shape index (κ2) is 15.1. The Kier molecular flexibility index (Phi) is 11.6. The Bertz CT molecular complexity index is 1300. The molecule has 1 saturated heterocycles. The number of ether oxygens (including phenoxy) is 3. The van der Waals surface area contributed by atoms with E-state index in [1.54, 1.807) is 32.6 Å². The van der Waals surface area contributed by atoms with Gasteiger partial charge < -0.3 is 29.3 Å². The highest BCUT2D eigenvalue weighted by atomic mass is 16.6. The smallest absolute Gasteiger partial charge is 0.409 e. The fourth-order valence-corrected chi connectivity index (χ4v) is 4.36. The van der Waals surface area contributed by atoms with Crippen molar-refractivity contribution in [2.45, 2.75) is 59.1 Å². The summed E-state index contributed by atoms with van der Waals surface area (Å²) in [5.74, 6) is -0.936. The predicted molar refractivity (Wildman–Crippen MR) is 160 cm³/mol. The van der Waals surface area contributed by atoms with Gasteiger partial charge in [0, 0.05) is 38.2 Å². The molecule has 232 valence electrons. The van der Waals surface area contributed by atoms with Crippen molar-refractivity contribution in [1.29, 1.82) is 0 Å². The number of hydrogen-bond acceptors (Lipinski definition) is 9. The van der Waals surface area contributed by atoms with Crippen LogP contribution in [0.25, 0.3) is 17.1 Å². The van der Waals surface area contributed by atoms with Crippen LogP contribution in [-0.2, 0) is 23.8 Å². The molecule has 2 heterocycles. The largest absolute Gasteiger partial charge is 0.492 e. The van der Waals surface area contributed by atoms with Gasteiger partial charge in [-0.15, -0.1) is 0 Å². The van der Waals surface area contributed by atoms with E-state index in [4.69, 9.17) is 14.2 Å². The summed E-state index contributed by atoms with van der Waals surface area (Å²) < 4.78 is 16.0. The highest BCUT2D eigenvalue weighted by Gasteiger charge is 2.32. The Hall–Kier alpha value is -4.48. The molecule has 12 nitrogen and oxygen atoms in total. The van der Waals surface area contributed by atoms with Crippen molar-refractivity contribution in [2.24, 2.45) is 0 Å². The number of nitrogens with zero attached hydrogens (tertiary/aromatic N) is 4. The summed E-state index contributed by atoms with van der Waals surface area (Å²) in [6, 6.07) is 9.54. The Balaban J connectivity index is 1.85. The van der Waals surface area contributed by atoms with Crippen LogP contribution in [0.4, 0.5) is 4.79 Å². The zero-order valence-electron chi connectivity index (χ0n) is 25.6. The van der Waals surface area contributed by atoms with Crippen LogP contribution in [0.15, 0.2) is 43.0 Å². The summed E-state index contributed by atoms with van der Waals surface area (Å²) in [4.78, 5) is 64.0. The van der Waals surface area contributed by atoms with Gasteiger partial charge in [-0.1, -0.05) is 36.9 Å². The van der Waals surface area contributed by atoms with Gasteiger partial charge in [-0.3, -0.25) is 14.4 Å². The molecule has 1 fully saturated rings.